The Morgan fingerprint density at radius 2 is 2.23 bits per heavy atom. The van der Waals surface area contributed by atoms with Gasteiger partial charge in [0.2, 0.25) is 0 Å². The smallest absolute Gasteiger partial charge is 0.327 e. The Labute approximate surface area is 78.3 Å². The molecule has 1 aliphatic heterocycles. The van der Waals surface area contributed by atoms with Gasteiger partial charge in [-0.1, -0.05) is 30.3 Å². The number of nitrogens with zero attached hydrogens (tertiary/aromatic N) is 1. The number of rotatable bonds is 1. The van der Waals surface area contributed by atoms with Gasteiger partial charge in [-0.3, -0.25) is 4.79 Å². The minimum absolute atomic E-state index is 0.288. The molecule has 1 fully saturated rings. The summed E-state index contributed by atoms with van der Waals surface area (Å²) in [6, 6.07) is 9.18. The standard InChI is InChI=1S/C10H11NO2/c1-11-9(7-10(12)13-11)8-5-3-2-4-6-8/h2-6,9H,7H2,1H3/t9-/m1/s1/i7D/t7-,9-. The minimum Gasteiger partial charge on any atom is -0.368 e. The van der Waals surface area contributed by atoms with E-state index in [9.17, 15) is 4.79 Å². The Morgan fingerprint density at radius 3 is 2.77 bits per heavy atom. The van der Waals surface area contributed by atoms with Gasteiger partial charge in [-0.05, 0) is 5.56 Å². The number of hydroxylamine groups is 2. The molecule has 13 heavy (non-hydrogen) atoms. The first-order chi connectivity index (χ1) is 6.70. The molecule has 2 atom stereocenters. The van der Waals surface area contributed by atoms with Gasteiger partial charge in [-0.15, -0.1) is 5.06 Å². The Kier molecular flexibility index (Phi) is 1.74. The van der Waals surface area contributed by atoms with Crippen molar-refractivity contribution < 1.29 is 11.0 Å². The molecule has 0 bridgehead atoms. The van der Waals surface area contributed by atoms with Gasteiger partial charge < -0.3 is 4.84 Å². The topological polar surface area (TPSA) is 29.5 Å². The number of hydrogen-bond donors (Lipinski definition) is 0. The predicted molar refractivity (Wildman–Crippen MR) is 47.7 cm³/mol. The molecule has 3 heteroatoms. The quantitative estimate of drug-likeness (QED) is 0.653. The molecule has 2 rings (SSSR count). The van der Waals surface area contributed by atoms with Crippen LogP contribution in [-0.2, 0) is 9.63 Å². The number of benzene rings is 1. The van der Waals surface area contributed by atoms with Crippen molar-refractivity contribution in [1.82, 2.24) is 5.06 Å². The van der Waals surface area contributed by atoms with E-state index in [4.69, 9.17) is 6.21 Å². The number of carbonyl (C=O) groups excluding carboxylic acids is 1. The molecule has 1 heterocycles. The highest BCUT2D eigenvalue weighted by Crippen LogP contribution is 2.28. The summed E-state index contributed by atoms with van der Waals surface area (Å²) in [5.74, 6) is -0.485. The normalized spacial score (nSPS) is 29.9. The fraction of sp³-hybridized carbons (Fsp3) is 0.300. The van der Waals surface area contributed by atoms with E-state index in [0.29, 0.717) is 0 Å². The lowest BCUT2D eigenvalue weighted by atomic mass is 10.1. The number of carbonyl (C=O) groups is 1. The highest BCUT2D eigenvalue weighted by atomic mass is 16.7. The van der Waals surface area contributed by atoms with Crippen LogP contribution in [-0.4, -0.2) is 18.1 Å². The Hall–Kier alpha value is -1.35. The predicted octanol–water partition coefficient (Wildman–Crippen LogP) is 1.52. The summed E-state index contributed by atoms with van der Waals surface area (Å²) in [5, 5.41) is 1.44. The van der Waals surface area contributed by atoms with E-state index >= 15 is 0 Å². The van der Waals surface area contributed by atoms with E-state index in [1.807, 2.05) is 30.3 Å². The van der Waals surface area contributed by atoms with E-state index in [1.165, 1.54) is 5.06 Å². The van der Waals surface area contributed by atoms with Gasteiger partial charge in [-0.2, -0.15) is 0 Å². The van der Waals surface area contributed by atoms with Crippen molar-refractivity contribution in [3.8, 4) is 0 Å². The lowest BCUT2D eigenvalue weighted by Crippen LogP contribution is -2.16. The molecule has 3 nitrogen and oxygen atoms in total. The molecule has 0 aromatic heterocycles. The molecule has 0 spiro atoms. The zero-order chi connectivity index (χ0) is 10.1. The first kappa shape index (κ1) is 7.09. The lowest BCUT2D eigenvalue weighted by molar-refractivity contribution is -0.169. The maximum absolute atomic E-state index is 11.1. The van der Waals surface area contributed by atoms with Gasteiger partial charge in [0.05, 0.1) is 12.4 Å². The monoisotopic (exact) mass is 178 g/mol. The van der Waals surface area contributed by atoms with Crippen LogP contribution in [0.3, 0.4) is 0 Å². The lowest BCUT2D eigenvalue weighted by Gasteiger charge is -2.15. The summed E-state index contributed by atoms with van der Waals surface area (Å²) in [5.41, 5.74) is 0.931. The molecule has 1 saturated heterocycles. The van der Waals surface area contributed by atoms with Crippen molar-refractivity contribution in [3.63, 3.8) is 0 Å². The summed E-state index contributed by atoms with van der Waals surface area (Å²) in [4.78, 5) is 16.0. The molecule has 1 aliphatic rings. The molecule has 0 radical (unpaired) electrons. The Balaban J connectivity index is 2.31. The summed E-state index contributed by atoms with van der Waals surface area (Å²) in [7, 11) is 1.67. The van der Waals surface area contributed by atoms with Crippen molar-refractivity contribution in [3.05, 3.63) is 35.9 Å². The van der Waals surface area contributed by atoms with E-state index in [2.05, 4.69) is 0 Å². The van der Waals surface area contributed by atoms with Gasteiger partial charge in [-0.25, -0.2) is 0 Å². The van der Waals surface area contributed by atoms with Crippen LogP contribution >= 0.6 is 0 Å². The fourth-order valence-electron chi connectivity index (χ4n) is 1.42. The van der Waals surface area contributed by atoms with E-state index in [1.54, 1.807) is 7.05 Å². The van der Waals surface area contributed by atoms with Gasteiger partial charge >= 0.3 is 5.97 Å². The van der Waals surface area contributed by atoms with Gasteiger partial charge in [0.25, 0.3) is 0 Å². The molecule has 0 amide bonds. The van der Waals surface area contributed by atoms with Crippen LogP contribution in [0.5, 0.6) is 0 Å². The van der Waals surface area contributed by atoms with Crippen LogP contribution in [0, 0.1) is 0 Å². The maximum atomic E-state index is 11.1. The SMILES string of the molecule is [2H][C@H]1C(=O)ON(C)[C@H]1c1ccccc1. The summed E-state index contributed by atoms with van der Waals surface area (Å²) in [6.45, 7) is 0. The third-order valence-corrected chi connectivity index (χ3v) is 2.06. The van der Waals surface area contributed by atoms with Crippen molar-refractivity contribution in [2.45, 2.75) is 12.4 Å². The van der Waals surface area contributed by atoms with Crippen LogP contribution in [0.4, 0.5) is 0 Å². The van der Waals surface area contributed by atoms with E-state index in [0.717, 1.165) is 5.56 Å². The second-order valence-electron chi connectivity index (χ2n) is 2.98. The largest absolute Gasteiger partial charge is 0.368 e. The third kappa shape index (κ3) is 1.55. The zero-order valence-electron chi connectivity index (χ0n) is 8.31. The maximum Gasteiger partial charge on any atom is 0.327 e. The second-order valence-corrected chi connectivity index (χ2v) is 2.98. The number of hydrogen-bond acceptors (Lipinski definition) is 3. The van der Waals surface area contributed by atoms with Crippen molar-refractivity contribution in [2.75, 3.05) is 7.05 Å². The van der Waals surface area contributed by atoms with E-state index < -0.39 is 12.4 Å². The van der Waals surface area contributed by atoms with Crippen LogP contribution in [0.1, 0.15) is 19.4 Å². The van der Waals surface area contributed by atoms with Crippen molar-refractivity contribution in [1.29, 1.82) is 0 Å². The Morgan fingerprint density at radius 1 is 1.54 bits per heavy atom. The first-order valence-corrected chi connectivity index (χ1v) is 4.12. The average Bonchev–Trinajstić information content (AvgIpc) is 2.43. The summed E-state index contributed by atoms with van der Waals surface area (Å²) < 4.78 is 7.65. The molecule has 0 unspecified atom stereocenters. The molecular formula is C10H11NO2. The molecule has 0 N–H and O–H groups in total. The van der Waals surface area contributed by atoms with Crippen LogP contribution in [0.25, 0.3) is 0 Å². The second kappa shape index (κ2) is 3.18. The molecule has 0 saturated carbocycles. The molecular weight excluding hydrogens is 166 g/mol. The fourth-order valence-corrected chi connectivity index (χ4v) is 1.42. The van der Waals surface area contributed by atoms with Crippen LogP contribution < -0.4 is 0 Å². The first-order valence-electron chi connectivity index (χ1n) is 4.69. The van der Waals surface area contributed by atoms with Gasteiger partial charge in [0.1, 0.15) is 0 Å². The zero-order valence-corrected chi connectivity index (χ0v) is 7.31. The van der Waals surface area contributed by atoms with Gasteiger partial charge in [0, 0.05) is 8.42 Å². The molecule has 68 valence electrons. The summed E-state index contributed by atoms with van der Waals surface area (Å²) in [6.07, 6.45) is -0.845. The van der Waals surface area contributed by atoms with Crippen molar-refractivity contribution in [2.24, 2.45) is 0 Å². The third-order valence-electron chi connectivity index (χ3n) is 2.06. The highest BCUT2D eigenvalue weighted by Gasteiger charge is 2.30. The summed E-state index contributed by atoms with van der Waals surface area (Å²) >= 11 is 0. The molecule has 0 aliphatic carbocycles. The Bertz CT molecular complexity index is 341. The minimum atomic E-state index is -0.845. The van der Waals surface area contributed by atoms with E-state index in [-0.39, 0.29) is 6.04 Å². The van der Waals surface area contributed by atoms with Crippen LogP contribution in [0.15, 0.2) is 30.3 Å². The van der Waals surface area contributed by atoms with Gasteiger partial charge in [0.15, 0.2) is 0 Å². The molecule has 1 aromatic carbocycles. The average molecular weight is 178 g/mol. The van der Waals surface area contributed by atoms with Crippen molar-refractivity contribution >= 4 is 5.97 Å². The molecule has 1 aromatic rings. The highest BCUT2D eigenvalue weighted by molar-refractivity contribution is 5.71. The van der Waals surface area contributed by atoms with Crippen LogP contribution in [0.2, 0.25) is 0 Å².